The number of hydrogen-bond acceptors (Lipinski definition) is 9. The maximum atomic E-state index is 13.4. The van der Waals surface area contributed by atoms with E-state index in [2.05, 4.69) is 60.7 Å². The third-order valence-corrected chi connectivity index (χ3v) is 16.5. The zero-order valence-electron chi connectivity index (χ0n) is 42.0. The van der Waals surface area contributed by atoms with Gasteiger partial charge in [-0.05, 0) is 197 Å². The number of carbonyl (C=O) groups excluding carboxylic acids is 2. The highest BCUT2D eigenvalue weighted by Gasteiger charge is 2.32. The molecule has 0 aliphatic carbocycles. The van der Waals surface area contributed by atoms with Crippen molar-refractivity contribution in [1.82, 2.24) is 34.6 Å². The van der Waals surface area contributed by atoms with Crippen LogP contribution >= 0.6 is 11.8 Å². The maximum absolute atomic E-state index is 13.4. The minimum atomic E-state index is -0.672. The molecule has 0 radical (unpaired) electrons. The second-order valence-corrected chi connectivity index (χ2v) is 21.1. The van der Waals surface area contributed by atoms with E-state index in [0.29, 0.717) is 50.1 Å². The molecule has 4 saturated heterocycles. The number of fused-ring (bicyclic) bond motifs is 2. The van der Waals surface area contributed by atoms with Crippen LogP contribution in [0.15, 0.2) is 102 Å². The number of rotatable bonds is 13. The van der Waals surface area contributed by atoms with Gasteiger partial charge in [-0.1, -0.05) is 0 Å². The zero-order valence-corrected chi connectivity index (χ0v) is 42.8. The Morgan fingerprint density at radius 2 is 1.32 bits per heavy atom. The monoisotopic (exact) mass is 1020 g/mol. The number of likely N-dealkylation sites (tertiary alicyclic amines) is 4. The Kier molecular flexibility index (Phi) is 17.5. The molecule has 4 aliphatic heterocycles. The lowest BCUT2D eigenvalue weighted by atomic mass is 9.87. The number of β-amino-alcohol motifs (C(OH)–C–C–N with tert-alkyl or cyclic N) is 2. The second kappa shape index (κ2) is 24.5. The number of nitrogens with zero attached hydrogens (tertiary/aromatic N) is 5. The number of H-pyrrole nitrogens is 2. The Morgan fingerprint density at radius 1 is 0.740 bits per heavy atom. The van der Waals surface area contributed by atoms with Crippen LogP contribution in [0, 0.1) is 23.5 Å². The molecule has 0 saturated carbocycles. The number of hydrogen-bond donors (Lipinski definition) is 5. The lowest BCUT2D eigenvalue weighted by Gasteiger charge is -2.38. The van der Waals surface area contributed by atoms with Gasteiger partial charge in [-0.2, -0.15) is 0 Å². The average molecular weight is 1020 g/mol. The van der Waals surface area contributed by atoms with Gasteiger partial charge in [0.1, 0.15) is 23.0 Å². The van der Waals surface area contributed by atoms with Crippen molar-refractivity contribution in [3.05, 3.63) is 126 Å². The van der Waals surface area contributed by atoms with Gasteiger partial charge >= 0.3 is 6.03 Å². The number of aromatic nitrogens is 3. The van der Waals surface area contributed by atoms with Gasteiger partial charge in [0.15, 0.2) is 0 Å². The van der Waals surface area contributed by atoms with Crippen molar-refractivity contribution in [2.45, 2.75) is 80.3 Å². The Morgan fingerprint density at radius 3 is 1.90 bits per heavy atom. The molecule has 73 heavy (non-hydrogen) atoms. The second-order valence-electron chi connectivity index (χ2n) is 20.3. The van der Waals surface area contributed by atoms with Crippen LogP contribution in [0.4, 0.5) is 19.3 Å². The lowest BCUT2D eigenvalue weighted by molar-refractivity contribution is -0.128. The number of anilines is 1. The molecule has 10 rings (SSSR count). The molecule has 3 aromatic heterocycles. The smallest absolute Gasteiger partial charge is 0.321 e. The largest absolute Gasteiger partial charge is 0.497 e. The highest BCUT2D eigenvalue weighted by Crippen LogP contribution is 2.36. The first kappa shape index (κ1) is 52.1. The fourth-order valence-corrected chi connectivity index (χ4v) is 11.8. The minimum absolute atomic E-state index is 0.0515. The van der Waals surface area contributed by atoms with Crippen molar-refractivity contribution < 1.29 is 33.3 Å². The molecule has 0 spiro atoms. The summed E-state index contributed by atoms with van der Waals surface area (Å²) in [7, 11) is 1.69. The summed E-state index contributed by atoms with van der Waals surface area (Å²) in [6.07, 6.45) is 17.6. The summed E-state index contributed by atoms with van der Waals surface area (Å²) >= 11 is 1.69. The van der Waals surface area contributed by atoms with Crippen LogP contribution in [0.1, 0.15) is 79.9 Å². The molecule has 4 fully saturated rings. The minimum Gasteiger partial charge on any atom is -0.497 e. The van der Waals surface area contributed by atoms with E-state index >= 15 is 0 Å². The SMILES string of the molecule is COc1ccc2[nH]cc(C3CCN(CC(O)C4CCN(C(=O)/C=C/c5cc(F)cc(F)c5)CC4)CC3)c2c1.CSc1ccc(NC(=O)N2CCC(C(O)CN3CCC(c4c[nH]c5ncccc45)CC3)CC2)cc1. The van der Waals surface area contributed by atoms with E-state index in [0.717, 1.165) is 113 Å². The number of carbonyl (C=O) groups is 2. The fourth-order valence-electron chi connectivity index (χ4n) is 11.4. The fraction of sp³-hybridized carbons (Fsp3) is 0.456. The summed E-state index contributed by atoms with van der Waals surface area (Å²) in [5.74, 6) is 0.765. The molecule has 13 nitrogen and oxygen atoms in total. The quantitative estimate of drug-likeness (QED) is 0.0563. The number of benzene rings is 3. The summed E-state index contributed by atoms with van der Waals surface area (Å²) in [4.78, 5) is 45.9. The van der Waals surface area contributed by atoms with Crippen LogP contribution in [0.5, 0.6) is 5.75 Å². The van der Waals surface area contributed by atoms with E-state index in [-0.39, 0.29) is 29.9 Å². The molecule has 4 aliphatic rings. The van der Waals surface area contributed by atoms with Crippen LogP contribution in [-0.2, 0) is 4.79 Å². The summed E-state index contributed by atoms with van der Waals surface area (Å²) in [6.45, 7) is 7.78. The first-order chi connectivity index (χ1) is 35.5. The molecule has 3 amide bonds. The van der Waals surface area contributed by atoms with Gasteiger partial charge in [0.05, 0.1) is 19.3 Å². The van der Waals surface area contributed by atoms with Crippen LogP contribution < -0.4 is 10.1 Å². The first-order valence-electron chi connectivity index (χ1n) is 26.0. The molecule has 388 valence electrons. The topological polar surface area (TPSA) is 153 Å². The van der Waals surface area contributed by atoms with Crippen molar-refractivity contribution in [2.24, 2.45) is 11.8 Å². The normalized spacial score (nSPS) is 19.0. The summed E-state index contributed by atoms with van der Waals surface area (Å²) in [6, 6.07) is 21.3. The predicted molar refractivity (Wildman–Crippen MR) is 286 cm³/mol. The molecule has 2 unspecified atom stereocenters. The summed E-state index contributed by atoms with van der Waals surface area (Å²) in [5.41, 5.74) is 5.94. The molecule has 6 aromatic rings. The molecule has 7 heterocycles. The summed E-state index contributed by atoms with van der Waals surface area (Å²) < 4.78 is 32.1. The number of ether oxygens (including phenoxy) is 1. The number of halogens is 2. The van der Waals surface area contributed by atoms with Crippen molar-refractivity contribution in [2.75, 3.05) is 84.1 Å². The molecular formula is C57H70F2N8O5S. The Balaban J connectivity index is 0.000000180. The molecule has 3 aromatic carbocycles. The van der Waals surface area contributed by atoms with Crippen LogP contribution in [0.2, 0.25) is 0 Å². The van der Waals surface area contributed by atoms with Crippen LogP contribution in [-0.4, -0.2) is 148 Å². The average Bonchev–Trinajstić information content (AvgIpc) is 4.06. The van der Waals surface area contributed by atoms with Gasteiger partial charge in [0.2, 0.25) is 5.91 Å². The molecular weight excluding hydrogens is 947 g/mol. The number of aromatic amines is 2. The number of aliphatic hydroxyl groups excluding tert-OH is 2. The van der Waals surface area contributed by atoms with Gasteiger partial charge in [0.25, 0.3) is 0 Å². The predicted octanol–water partition coefficient (Wildman–Crippen LogP) is 9.72. The van der Waals surface area contributed by atoms with E-state index < -0.39 is 17.7 Å². The molecule has 5 N–H and O–H groups in total. The molecule has 16 heteroatoms. The Bertz CT molecular complexity index is 2770. The number of methoxy groups -OCH3 is 1. The Labute approximate surface area is 431 Å². The number of pyridine rings is 1. The van der Waals surface area contributed by atoms with Crippen molar-refractivity contribution in [1.29, 1.82) is 0 Å². The van der Waals surface area contributed by atoms with Crippen molar-refractivity contribution in [3.63, 3.8) is 0 Å². The number of piperidine rings is 4. The number of amides is 3. The highest BCUT2D eigenvalue weighted by molar-refractivity contribution is 7.98. The Hall–Kier alpha value is -5.78. The van der Waals surface area contributed by atoms with E-state index in [1.165, 1.54) is 51.1 Å². The highest BCUT2D eigenvalue weighted by atomic mass is 32.2. The van der Waals surface area contributed by atoms with E-state index in [4.69, 9.17) is 4.74 Å². The van der Waals surface area contributed by atoms with Crippen molar-refractivity contribution >= 4 is 57.4 Å². The summed E-state index contributed by atoms with van der Waals surface area (Å²) in [5, 5.41) is 27.4. The third-order valence-electron chi connectivity index (χ3n) is 15.8. The lowest BCUT2D eigenvalue weighted by Crippen LogP contribution is -2.46. The number of urea groups is 1. The standard InChI is InChI=1S/C30H35F2N3O3.C27H35N5O2S/c1-38-25-3-4-28-26(17-25)27(18-33-28)21-6-10-34(11-7-21)19-29(36)22-8-12-35(13-9-22)30(37)5-2-20-14-23(31)16-24(32)15-20;1-35-22-6-4-21(5-7-22)30-27(34)32-15-10-20(11-16-32)25(33)18-31-13-8-19(9-14-31)24-17-29-26-23(24)3-2-12-28-26/h2-5,14-18,21-22,29,33,36H,6-13,19H2,1H3;2-7,12,17,19-20,25,33H,8-11,13-16,18H2,1H3,(H,28,29)(H,30,34)/b5-2+;. The van der Waals surface area contributed by atoms with Gasteiger partial charge < -0.3 is 49.8 Å². The first-order valence-corrected chi connectivity index (χ1v) is 27.2. The third kappa shape index (κ3) is 13.3. The van der Waals surface area contributed by atoms with Crippen molar-refractivity contribution in [3.8, 4) is 5.75 Å². The van der Waals surface area contributed by atoms with E-state index in [1.54, 1.807) is 23.8 Å². The number of nitrogens with one attached hydrogen (secondary N) is 3. The van der Waals surface area contributed by atoms with Crippen LogP contribution in [0.3, 0.4) is 0 Å². The zero-order chi connectivity index (χ0) is 50.8. The molecule has 0 bridgehead atoms. The maximum Gasteiger partial charge on any atom is 0.321 e. The van der Waals surface area contributed by atoms with Gasteiger partial charge in [0, 0.05) is 96.9 Å². The number of thioether (sulfide) groups is 1. The van der Waals surface area contributed by atoms with Gasteiger partial charge in [-0.15, -0.1) is 11.8 Å². The van der Waals surface area contributed by atoms with E-state index in [9.17, 15) is 28.6 Å². The number of aliphatic hydroxyl groups is 2. The van der Waals surface area contributed by atoms with Crippen LogP contribution in [0.25, 0.3) is 28.0 Å². The van der Waals surface area contributed by atoms with E-state index in [1.807, 2.05) is 53.8 Å². The van der Waals surface area contributed by atoms with Gasteiger partial charge in [-0.3, -0.25) is 4.79 Å². The van der Waals surface area contributed by atoms with Gasteiger partial charge in [-0.25, -0.2) is 18.6 Å². The molecule has 2 atom stereocenters.